The number of nitrogens with one attached hydrogen (secondary N) is 1. The van der Waals surface area contributed by atoms with Crippen molar-refractivity contribution in [2.24, 2.45) is 0 Å². The SMILES string of the molecule is CCC(Sc1ccc(Cl)cc1)C(=O)NCCSCc1ccc(Cl)cc1Cl. The van der Waals surface area contributed by atoms with Crippen molar-refractivity contribution >= 4 is 64.2 Å². The Bertz CT molecular complexity index is 725. The third-order valence-electron chi connectivity index (χ3n) is 3.57. The molecule has 0 heterocycles. The maximum Gasteiger partial charge on any atom is 0.233 e. The molecule has 0 aromatic heterocycles. The molecule has 0 radical (unpaired) electrons. The highest BCUT2D eigenvalue weighted by molar-refractivity contribution is 8.00. The number of hydrogen-bond acceptors (Lipinski definition) is 3. The van der Waals surface area contributed by atoms with E-state index in [0.717, 1.165) is 28.4 Å². The van der Waals surface area contributed by atoms with Crippen LogP contribution >= 0.6 is 58.3 Å². The van der Waals surface area contributed by atoms with E-state index < -0.39 is 0 Å². The molecule has 0 bridgehead atoms. The first-order valence-corrected chi connectivity index (χ1v) is 11.4. The van der Waals surface area contributed by atoms with Crippen LogP contribution in [0.3, 0.4) is 0 Å². The Morgan fingerprint density at radius 1 is 1.08 bits per heavy atom. The third kappa shape index (κ3) is 7.24. The average Bonchev–Trinajstić information content (AvgIpc) is 2.62. The van der Waals surface area contributed by atoms with Crippen molar-refractivity contribution < 1.29 is 4.79 Å². The zero-order valence-electron chi connectivity index (χ0n) is 14.3. The van der Waals surface area contributed by atoms with E-state index in [2.05, 4.69) is 5.32 Å². The molecule has 0 saturated heterocycles. The van der Waals surface area contributed by atoms with Gasteiger partial charge in [-0.2, -0.15) is 11.8 Å². The van der Waals surface area contributed by atoms with Crippen LogP contribution in [-0.4, -0.2) is 23.5 Å². The first-order valence-electron chi connectivity index (χ1n) is 8.21. The minimum atomic E-state index is -0.105. The number of amides is 1. The van der Waals surface area contributed by atoms with Crippen molar-refractivity contribution in [3.8, 4) is 0 Å². The normalized spacial score (nSPS) is 12.0. The highest BCUT2D eigenvalue weighted by Crippen LogP contribution is 2.27. The summed E-state index contributed by atoms with van der Waals surface area (Å²) >= 11 is 21.2. The molecule has 140 valence electrons. The van der Waals surface area contributed by atoms with Gasteiger partial charge in [0.1, 0.15) is 0 Å². The Morgan fingerprint density at radius 2 is 1.77 bits per heavy atom. The lowest BCUT2D eigenvalue weighted by Gasteiger charge is -2.14. The lowest BCUT2D eigenvalue weighted by Crippen LogP contribution is -2.33. The first kappa shape index (κ1) is 21.8. The molecule has 1 amide bonds. The minimum absolute atomic E-state index is 0.0672. The molecule has 0 aliphatic carbocycles. The summed E-state index contributed by atoms with van der Waals surface area (Å²) in [5.74, 6) is 1.69. The molecule has 2 aromatic rings. The number of carbonyl (C=O) groups is 1. The van der Waals surface area contributed by atoms with Crippen LogP contribution in [0.1, 0.15) is 18.9 Å². The summed E-state index contributed by atoms with van der Waals surface area (Å²) in [5.41, 5.74) is 1.05. The van der Waals surface area contributed by atoms with Crippen LogP contribution in [0.25, 0.3) is 0 Å². The fraction of sp³-hybridized carbons (Fsp3) is 0.316. The number of thioether (sulfide) groups is 2. The number of halogens is 3. The van der Waals surface area contributed by atoms with Crippen LogP contribution in [0.5, 0.6) is 0 Å². The predicted octanol–water partition coefficient (Wildman–Crippen LogP) is 6.57. The zero-order valence-corrected chi connectivity index (χ0v) is 18.2. The summed E-state index contributed by atoms with van der Waals surface area (Å²) in [6.45, 7) is 2.65. The van der Waals surface area contributed by atoms with E-state index in [1.807, 2.05) is 43.3 Å². The smallest absolute Gasteiger partial charge is 0.233 e. The Morgan fingerprint density at radius 3 is 2.42 bits per heavy atom. The van der Waals surface area contributed by atoms with Crippen LogP contribution in [0, 0.1) is 0 Å². The molecule has 0 aliphatic heterocycles. The number of rotatable bonds is 9. The fourth-order valence-electron chi connectivity index (χ4n) is 2.18. The van der Waals surface area contributed by atoms with Gasteiger partial charge in [-0.15, -0.1) is 11.8 Å². The molecule has 7 heteroatoms. The molecule has 2 nitrogen and oxygen atoms in total. The molecular weight excluding hydrogens is 429 g/mol. The van der Waals surface area contributed by atoms with Gasteiger partial charge in [-0.3, -0.25) is 4.79 Å². The summed E-state index contributed by atoms with van der Waals surface area (Å²) in [6, 6.07) is 13.1. The van der Waals surface area contributed by atoms with E-state index in [4.69, 9.17) is 34.8 Å². The van der Waals surface area contributed by atoms with Crippen molar-refractivity contribution in [1.82, 2.24) is 5.32 Å². The summed E-state index contributed by atoms with van der Waals surface area (Å²) < 4.78 is 0. The number of benzene rings is 2. The highest BCUT2D eigenvalue weighted by Gasteiger charge is 2.17. The van der Waals surface area contributed by atoms with Crippen LogP contribution in [-0.2, 0) is 10.5 Å². The second-order valence-corrected chi connectivity index (χ2v) is 9.21. The summed E-state index contributed by atoms with van der Waals surface area (Å²) in [7, 11) is 0. The molecule has 0 saturated carbocycles. The van der Waals surface area contributed by atoms with E-state index in [1.165, 1.54) is 0 Å². The molecule has 26 heavy (non-hydrogen) atoms. The maximum atomic E-state index is 12.4. The van der Waals surface area contributed by atoms with Gasteiger partial charge in [-0.1, -0.05) is 47.8 Å². The Labute approximate surface area is 178 Å². The van der Waals surface area contributed by atoms with Crippen LogP contribution < -0.4 is 5.32 Å². The molecule has 2 aromatic carbocycles. The van der Waals surface area contributed by atoms with Crippen molar-refractivity contribution in [2.45, 2.75) is 29.2 Å². The van der Waals surface area contributed by atoms with Gasteiger partial charge in [0.15, 0.2) is 0 Å². The topological polar surface area (TPSA) is 29.1 Å². The van der Waals surface area contributed by atoms with E-state index in [-0.39, 0.29) is 11.2 Å². The van der Waals surface area contributed by atoms with Crippen LogP contribution in [0.2, 0.25) is 15.1 Å². The zero-order chi connectivity index (χ0) is 18.9. The van der Waals surface area contributed by atoms with Gasteiger partial charge in [0.05, 0.1) is 5.25 Å². The largest absolute Gasteiger partial charge is 0.354 e. The molecule has 1 unspecified atom stereocenters. The van der Waals surface area contributed by atoms with Gasteiger partial charge in [-0.05, 0) is 48.4 Å². The second-order valence-electron chi connectivity index (χ2n) is 5.55. The summed E-state index contributed by atoms with van der Waals surface area (Å²) in [6.07, 6.45) is 0.770. The Hall–Kier alpha value is -0.520. The molecule has 0 aliphatic rings. The van der Waals surface area contributed by atoms with Crippen molar-refractivity contribution in [3.63, 3.8) is 0 Å². The van der Waals surface area contributed by atoms with Crippen LogP contribution in [0.4, 0.5) is 0 Å². The standard InChI is InChI=1S/C19H20Cl3NOS2/c1-2-18(26-16-7-5-14(20)6-8-16)19(24)23-9-10-25-12-13-3-4-15(21)11-17(13)22/h3-8,11,18H,2,9-10,12H2,1H3,(H,23,24). The van der Waals surface area contributed by atoms with Gasteiger partial charge >= 0.3 is 0 Å². The van der Waals surface area contributed by atoms with E-state index in [9.17, 15) is 4.79 Å². The molecular formula is C19H20Cl3NOS2. The maximum absolute atomic E-state index is 12.4. The van der Waals surface area contributed by atoms with Crippen molar-refractivity contribution in [3.05, 3.63) is 63.1 Å². The van der Waals surface area contributed by atoms with Gasteiger partial charge in [0.25, 0.3) is 0 Å². The van der Waals surface area contributed by atoms with Crippen molar-refractivity contribution in [2.75, 3.05) is 12.3 Å². The number of hydrogen-bond donors (Lipinski definition) is 1. The molecule has 0 fully saturated rings. The number of carbonyl (C=O) groups excluding carboxylic acids is 1. The molecule has 1 atom stereocenters. The van der Waals surface area contributed by atoms with Gasteiger partial charge in [0.2, 0.25) is 5.91 Å². The second kappa shape index (κ2) is 11.4. The molecule has 2 rings (SSSR count). The third-order valence-corrected chi connectivity index (χ3v) is 6.80. The minimum Gasteiger partial charge on any atom is -0.354 e. The van der Waals surface area contributed by atoms with E-state index >= 15 is 0 Å². The van der Waals surface area contributed by atoms with E-state index in [1.54, 1.807) is 29.6 Å². The van der Waals surface area contributed by atoms with Gasteiger partial charge < -0.3 is 5.32 Å². The molecule has 1 N–H and O–H groups in total. The first-order chi connectivity index (χ1) is 12.5. The van der Waals surface area contributed by atoms with Crippen LogP contribution in [0.15, 0.2) is 47.4 Å². The monoisotopic (exact) mass is 447 g/mol. The van der Waals surface area contributed by atoms with E-state index in [0.29, 0.717) is 21.6 Å². The lowest BCUT2D eigenvalue weighted by molar-refractivity contribution is -0.120. The quantitative estimate of drug-likeness (QED) is 0.347. The Balaban J connectivity index is 1.71. The Kier molecular flexibility index (Phi) is 9.51. The summed E-state index contributed by atoms with van der Waals surface area (Å²) in [5, 5.41) is 4.93. The van der Waals surface area contributed by atoms with Gasteiger partial charge in [0, 0.05) is 38.0 Å². The highest BCUT2D eigenvalue weighted by atomic mass is 35.5. The van der Waals surface area contributed by atoms with Crippen molar-refractivity contribution in [1.29, 1.82) is 0 Å². The summed E-state index contributed by atoms with van der Waals surface area (Å²) in [4.78, 5) is 13.4. The molecule has 0 spiro atoms. The fourth-order valence-corrected chi connectivity index (χ4v) is 4.70. The average molecular weight is 449 g/mol. The lowest BCUT2D eigenvalue weighted by atomic mass is 10.2. The predicted molar refractivity (Wildman–Crippen MR) is 117 cm³/mol. The van der Waals surface area contributed by atoms with Gasteiger partial charge in [-0.25, -0.2) is 0 Å².